The van der Waals surface area contributed by atoms with Gasteiger partial charge in [-0.15, -0.1) is 0 Å². The number of hydrogen-bond acceptors (Lipinski definition) is 16. The molecule has 2 aromatic heterocycles. The molecule has 1 aliphatic heterocycles. The van der Waals surface area contributed by atoms with Crippen LogP contribution >= 0.6 is 39.1 Å². The molecule has 3 unspecified atom stereocenters. The number of ether oxygens (including phenoxy) is 1. The first-order chi connectivity index (χ1) is 17.6. The van der Waals surface area contributed by atoms with Crippen molar-refractivity contribution in [3.63, 3.8) is 0 Å². The minimum atomic E-state index is -5.92. The number of nitrogens with zero attached hydrogens (tertiary/aromatic N) is 4. The van der Waals surface area contributed by atoms with Crippen molar-refractivity contribution in [1.82, 2.24) is 19.5 Å². The highest BCUT2D eigenvalue weighted by atomic mass is 31.3. The van der Waals surface area contributed by atoms with Crippen molar-refractivity contribution in [3.05, 3.63) is 12.7 Å². The number of phosphoric ester groups is 2. The zero-order chi connectivity index (χ0) is 29.6. The molecule has 0 spiro atoms. The molecule has 0 saturated carbocycles. The summed E-state index contributed by atoms with van der Waals surface area (Å²) < 4.78 is 83.6. The summed E-state index contributed by atoms with van der Waals surface area (Å²) in [5.41, 5.74) is 5.60. The summed E-state index contributed by atoms with van der Waals surface area (Å²) in [5.74, 6) is -0.113. The fraction of sp³-hybridized carbons (Fsp3) is 0.500. The Morgan fingerprint density at radius 3 is 2.05 bits per heavy atom. The molecule has 10 N–H and O–H groups in total. The van der Waals surface area contributed by atoms with Crippen LogP contribution in [-0.4, -0.2) is 83.8 Å². The molecule has 24 nitrogen and oxygen atoms in total. The summed E-state index contributed by atoms with van der Waals surface area (Å²) >= 11 is 0. The van der Waals surface area contributed by atoms with E-state index in [1.54, 1.807) is 0 Å². The van der Waals surface area contributed by atoms with E-state index < -0.39 is 70.3 Å². The molecule has 29 heteroatoms. The fourth-order valence-electron chi connectivity index (χ4n) is 3.05. The average molecular weight is 667 g/mol. The predicted octanol–water partition coefficient (Wildman–Crippen LogP) is -1.40. The summed E-state index contributed by atoms with van der Waals surface area (Å²) in [4.78, 5) is 74.9. The van der Waals surface area contributed by atoms with Crippen LogP contribution in [0.25, 0.3) is 11.2 Å². The largest absolute Gasteiger partial charge is 0.490 e. The van der Waals surface area contributed by atoms with Gasteiger partial charge in [-0.3, -0.25) is 13.6 Å². The van der Waals surface area contributed by atoms with Crippen LogP contribution in [0.3, 0.4) is 0 Å². The number of phosphoric acid groups is 5. The summed E-state index contributed by atoms with van der Waals surface area (Å²) in [6, 6.07) is 0. The lowest BCUT2D eigenvalue weighted by Gasteiger charge is -2.23. The highest BCUT2D eigenvalue weighted by Crippen LogP contribution is 2.66. The first-order valence-corrected chi connectivity index (χ1v) is 17.0. The van der Waals surface area contributed by atoms with Gasteiger partial charge in [0.2, 0.25) is 0 Å². The lowest BCUT2D eigenvalue weighted by atomic mass is 10.1. The third-order valence-electron chi connectivity index (χ3n) is 4.25. The zero-order valence-corrected chi connectivity index (χ0v) is 22.8. The highest BCUT2D eigenvalue weighted by Gasteiger charge is 2.51. The molecule has 0 bridgehead atoms. The van der Waals surface area contributed by atoms with Crippen LogP contribution in [0.15, 0.2) is 12.7 Å². The lowest BCUT2D eigenvalue weighted by Crippen LogP contribution is -2.36. The molecule has 0 aliphatic carbocycles. The van der Waals surface area contributed by atoms with Crippen molar-refractivity contribution in [1.29, 1.82) is 0 Å². The topological polar surface area (TPSA) is 372 Å². The van der Waals surface area contributed by atoms with E-state index in [9.17, 15) is 42.6 Å². The summed E-state index contributed by atoms with van der Waals surface area (Å²) in [6.07, 6.45) is -5.86. The maximum Gasteiger partial charge on any atom is 0.490 e. The number of aliphatic hydroxyl groups excluding tert-OH is 1. The van der Waals surface area contributed by atoms with E-state index in [2.05, 4.69) is 36.9 Å². The molecule has 222 valence electrons. The SMILES string of the molecule is Nc1ncnc2c1ncn2[C@@H]1O[C@H](COP(=O)(O)OP(=O)(O)OP(=O)(O)O)[C@@H](OP(=O)(O)OP(=O)(O)O)[C@H]1O. The Balaban J connectivity index is 1.88. The number of rotatable bonds is 12. The second kappa shape index (κ2) is 11.3. The van der Waals surface area contributed by atoms with Gasteiger partial charge in [-0.05, 0) is 0 Å². The summed E-state index contributed by atoms with van der Waals surface area (Å²) in [5, 5.41) is 10.8. The smallest absolute Gasteiger partial charge is 0.386 e. The van der Waals surface area contributed by atoms with Gasteiger partial charge in [-0.1, -0.05) is 0 Å². The maximum atomic E-state index is 12.1. The van der Waals surface area contributed by atoms with E-state index in [1.165, 1.54) is 0 Å². The van der Waals surface area contributed by atoms with Gasteiger partial charge in [0.25, 0.3) is 0 Å². The van der Waals surface area contributed by atoms with Crippen molar-refractivity contribution < 1.29 is 88.9 Å². The molecule has 0 radical (unpaired) electrons. The summed E-state index contributed by atoms with van der Waals surface area (Å²) in [7, 11) is -28.7. The molecular weight excluding hydrogens is 649 g/mol. The number of anilines is 1. The van der Waals surface area contributed by atoms with Gasteiger partial charge in [0.15, 0.2) is 17.7 Å². The Kier molecular flexibility index (Phi) is 9.42. The number of nitrogens with two attached hydrogens (primary N) is 1. The molecule has 1 fully saturated rings. The minimum Gasteiger partial charge on any atom is -0.386 e. The van der Waals surface area contributed by atoms with Gasteiger partial charge >= 0.3 is 39.1 Å². The Hall–Kier alpha value is -1.06. The Morgan fingerprint density at radius 2 is 1.46 bits per heavy atom. The van der Waals surface area contributed by atoms with Crippen molar-refractivity contribution in [2.24, 2.45) is 0 Å². The Morgan fingerprint density at radius 1 is 0.872 bits per heavy atom. The third kappa shape index (κ3) is 8.96. The van der Waals surface area contributed by atoms with Gasteiger partial charge in [-0.2, -0.15) is 12.9 Å². The normalized spacial score (nSPS) is 27.2. The molecule has 3 rings (SSSR count). The van der Waals surface area contributed by atoms with Crippen LogP contribution < -0.4 is 5.73 Å². The molecule has 0 amide bonds. The van der Waals surface area contributed by atoms with Crippen molar-refractivity contribution in [3.8, 4) is 0 Å². The van der Waals surface area contributed by atoms with E-state index in [4.69, 9.17) is 30.0 Å². The minimum absolute atomic E-state index is 0.000134. The quantitative estimate of drug-likeness (QED) is 0.118. The Bertz CT molecular complexity index is 1450. The van der Waals surface area contributed by atoms with Gasteiger partial charge in [0.05, 0.1) is 12.9 Å². The van der Waals surface area contributed by atoms with Gasteiger partial charge < -0.3 is 49.8 Å². The standard InChI is InChI=1S/C10H18N5O19P5/c11-8-5-9(13-2-12-8)15(3-14-5)10-6(16)7(31-38(25,26)32-35(17,18)19)4(30-10)1-29-37(23,24)34-39(27,28)33-36(20,21)22/h2-4,6-7,10,16H,1H2,(H,23,24)(H,25,26)(H,27,28)(H2,11,12,13)(H2,17,18,19)(H2,20,21,22)/t4-,6-,7-,10-/m1/s1. The average Bonchev–Trinajstić information content (AvgIpc) is 3.24. The molecule has 1 saturated heterocycles. The van der Waals surface area contributed by atoms with E-state index >= 15 is 0 Å². The molecular formula is C10H18N5O19P5. The van der Waals surface area contributed by atoms with Crippen LogP contribution in [0.2, 0.25) is 0 Å². The fourth-order valence-corrected chi connectivity index (χ4v) is 7.88. The number of nitrogen functional groups attached to an aromatic ring is 1. The predicted molar refractivity (Wildman–Crippen MR) is 117 cm³/mol. The van der Waals surface area contributed by atoms with Crippen molar-refractivity contribution >= 4 is 56.1 Å². The first kappa shape index (κ1) is 32.5. The highest BCUT2D eigenvalue weighted by molar-refractivity contribution is 7.66. The molecule has 0 aromatic carbocycles. The number of hydrogen-bond donors (Lipinski definition) is 9. The molecule has 39 heavy (non-hydrogen) atoms. The van der Waals surface area contributed by atoms with Crippen LogP contribution in [0, 0.1) is 0 Å². The monoisotopic (exact) mass is 667 g/mol. The van der Waals surface area contributed by atoms with Crippen LogP contribution in [-0.2, 0) is 49.5 Å². The van der Waals surface area contributed by atoms with E-state index in [0.29, 0.717) is 0 Å². The molecule has 3 heterocycles. The van der Waals surface area contributed by atoms with Crippen LogP contribution in [0.4, 0.5) is 5.82 Å². The van der Waals surface area contributed by atoms with Gasteiger partial charge in [-0.25, -0.2) is 37.8 Å². The number of aromatic nitrogens is 4. The molecule has 1 aliphatic rings. The zero-order valence-electron chi connectivity index (χ0n) is 18.3. The third-order valence-corrected chi connectivity index (χ3v) is 10.2. The van der Waals surface area contributed by atoms with Crippen molar-refractivity contribution in [2.45, 2.75) is 24.5 Å². The Labute approximate surface area is 214 Å². The van der Waals surface area contributed by atoms with E-state index in [-0.39, 0.29) is 17.0 Å². The lowest BCUT2D eigenvalue weighted by molar-refractivity contribution is -0.0501. The maximum absolute atomic E-state index is 12.1. The molecule has 2 aromatic rings. The second-order valence-electron chi connectivity index (χ2n) is 7.14. The van der Waals surface area contributed by atoms with Crippen molar-refractivity contribution in [2.75, 3.05) is 12.3 Å². The number of imidazole rings is 1. The van der Waals surface area contributed by atoms with E-state index in [0.717, 1.165) is 17.2 Å². The van der Waals surface area contributed by atoms with Gasteiger partial charge in [0, 0.05) is 0 Å². The van der Waals surface area contributed by atoms with Crippen LogP contribution in [0.5, 0.6) is 0 Å². The first-order valence-electron chi connectivity index (χ1n) is 9.41. The second-order valence-corrected chi connectivity index (χ2v) is 14.3. The van der Waals surface area contributed by atoms with E-state index in [1.807, 2.05) is 0 Å². The molecule has 7 atom stereocenters. The number of fused-ring (bicyclic) bond motifs is 1. The van der Waals surface area contributed by atoms with Gasteiger partial charge in [0.1, 0.15) is 30.2 Å². The van der Waals surface area contributed by atoms with Crippen LogP contribution in [0.1, 0.15) is 6.23 Å². The number of aliphatic hydroxyl groups is 1. The summed E-state index contributed by atoms with van der Waals surface area (Å²) in [6.45, 7) is -1.32.